The van der Waals surface area contributed by atoms with Crippen molar-refractivity contribution in [3.8, 4) is 10.4 Å². The van der Waals surface area contributed by atoms with Crippen molar-refractivity contribution in [1.29, 1.82) is 0 Å². The Hall–Kier alpha value is -3.64. The fourth-order valence-corrected chi connectivity index (χ4v) is 6.68. The quantitative estimate of drug-likeness (QED) is 0.327. The van der Waals surface area contributed by atoms with Crippen LogP contribution in [-0.2, 0) is 6.54 Å². The van der Waals surface area contributed by atoms with Crippen LogP contribution in [0, 0.1) is 6.92 Å². The van der Waals surface area contributed by atoms with Gasteiger partial charge < -0.3 is 10.6 Å². The lowest BCUT2D eigenvalue weighted by Gasteiger charge is -2.46. The number of alkyl halides is 1. The second kappa shape index (κ2) is 10.5. The molecule has 0 bridgehead atoms. The molecule has 5 heterocycles. The van der Waals surface area contributed by atoms with Crippen LogP contribution in [0.2, 0.25) is 0 Å². The van der Waals surface area contributed by atoms with Crippen molar-refractivity contribution in [3.05, 3.63) is 53.9 Å². The van der Waals surface area contributed by atoms with Crippen LogP contribution in [0.25, 0.3) is 15.3 Å². The van der Waals surface area contributed by atoms with E-state index < -0.39 is 6.67 Å². The number of aryl methyl sites for hydroxylation is 2. The Morgan fingerprint density at radius 3 is 2.72 bits per heavy atom. The van der Waals surface area contributed by atoms with Gasteiger partial charge in [0.25, 0.3) is 11.8 Å². The number of rotatable bonds is 9. The number of halogens is 1. The van der Waals surface area contributed by atoms with Gasteiger partial charge in [0.15, 0.2) is 0 Å². The van der Waals surface area contributed by atoms with Gasteiger partial charge in [-0.25, -0.2) is 8.91 Å². The number of nitrogens with one attached hydrogen (secondary N) is 2. The summed E-state index contributed by atoms with van der Waals surface area (Å²) in [5, 5.41) is 14.4. The molecule has 204 valence electrons. The van der Waals surface area contributed by atoms with Gasteiger partial charge in [0, 0.05) is 42.8 Å². The number of pyridine rings is 1. The third-order valence-corrected chi connectivity index (χ3v) is 9.12. The van der Waals surface area contributed by atoms with Gasteiger partial charge in [0.2, 0.25) is 0 Å². The van der Waals surface area contributed by atoms with E-state index in [1.807, 2.05) is 6.20 Å². The molecular weight excluding hydrogens is 519 g/mol. The largest absolute Gasteiger partial charge is 0.351 e. The number of likely N-dealkylation sites (tertiary alicyclic amines) is 1. The molecule has 1 spiro atoms. The standard InChI is InChI=1S/C27H31FN8O2S/c1-18-22(12-19(13-30-18)24(37)29-8-11-34-9-3-6-27(34)4-2-5-27)33-25(38)21-15-32-36-17-23(39-26(21)36)20-14-31-35(16-20)10-7-28/h12-17H,2-11H2,1H3,(H,29,37)(H,33,38). The van der Waals surface area contributed by atoms with Crippen molar-refractivity contribution < 1.29 is 14.0 Å². The number of thiazole rings is 1. The van der Waals surface area contributed by atoms with Crippen LogP contribution in [0.5, 0.6) is 0 Å². The van der Waals surface area contributed by atoms with Gasteiger partial charge >= 0.3 is 0 Å². The van der Waals surface area contributed by atoms with Crippen LogP contribution in [0.1, 0.15) is 58.5 Å². The number of hydrogen-bond donors (Lipinski definition) is 2. The zero-order valence-corrected chi connectivity index (χ0v) is 22.6. The maximum absolute atomic E-state index is 13.2. The molecule has 6 rings (SSSR count). The number of aromatic nitrogens is 5. The van der Waals surface area contributed by atoms with Crippen molar-refractivity contribution in [1.82, 2.24) is 34.6 Å². The number of fused-ring (bicyclic) bond motifs is 1. The van der Waals surface area contributed by atoms with Crippen LogP contribution < -0.4 is 10.6 Å². The van der Waals surface area contributed by atoms with E-state index in [0.29, 0.717) is 39.4 Å². The van der Waals surface area contributed by atoms with E-state index in [-0.39, 0.29) is 18.4 Å². The molecule has 4 aromatic heterocycles. The molecule has 2 aliphatic rings. The summed E-state index contributed by atoms with van der Waals surface area (Å²) in [7, 11) is 0. The Labute approximate surface area is 229 Å². The van der Waals surface area contributed by atoms with Gasteiger partial charge in [-0.2, -0.15) is 10.2 Å². The molecule has 10 nitrogen and oxygen atoms in total. The van der Waals surface area contributed by atoms with Gasteiger partial charge in [-0.3, -0.25) is 24.2 Å². The number of amides is 2. The van der Waals surface area contributed by atoms with Gasteiger partial charge in [-0.1, -0.05) is 0 Å². The minimum absolute atomic E-state index is 0.194. The van der Waals surface area contributed by atoms with E-state index in [1.165, 1.54) is 55.8 Å². The van der Waals surface area contributed by atoms with Gasteiger partial charge in [-0.15, -0.1) is 11.3 Å². The number of carbonyl (C=O) groups is 2. The molecule has 12 heteroatoms. The molecular formula is C27H31FN8O2S. The van der Waals surface area contributed by atoms with Gasteiger partial charge in [-0.05, 0) is 51.6 Å². The highest BCUT2D eigenvalue weighted by Gasteiger charge is 2.44. The minimum Gasteiger partial charge on any atom is -0.351 e. The van der Waals surface area contributed by atoms with Crippen LogP contribution in [-0.4, -0.2) is 72.9 Å². The van der Waals surface area contributed by atoms with Crippen molar-refractivity contribution in [2.75, 3.05) is 31.6 Å². The second-order valence-corrected chi connectivity index (χ2v) is 11.4. The molecule has 1 saturated carbocycles. The molecule has 1 aliphatic carbocycles. The van der Waals surface area contributed by atoms with Crippen molar-refractivity contribution in [2.24, 2.45) is 0 Å². The predicted molar refractivity (Wildman–Crippen MR) is 147 cm³/mol. The third-order valence-electron chi connectivity index (χ3n) is 7.96. The summed E-state index contributed by atoms with van der Waals surface area (Å²) in [6.45, 7) is 4.03. The summed E-state index contributed by atoms with van der Waals surface area (Å²) < 4.78 is 15.8. The average molecular weight is 551 g/mol. The van der Waals surface area contributed by atoms with Crippen molar-refractivity contribution in [2.45, 2.75) is 51.1 Å². The first kappa shape index (κ1) is 25.6. The summed E-state index contributed by atoms with van der Waals surface area (Å²) in [5.74, 6) is -0.544. The first-order valence-electron chi connectivity index (χ1n) is 13.3. The summed E-state index contributed by atoms with van der Waals surface area (Å²) in [5.41, 5.74) is 3.11. The molecule has 0 aromatic carbocycles. The predicted octanol–water partition coefficient (Wildman–Crippen LogP) is 3.93. The lowest BCUT2D eigenvalue weighted by atomic mass is 9.75. The van der Waals surface area contributed by atoms with Crippen LogP contribution >= 0.6 is 11.3 Å². The van der Waals surface area contributed by atoms with E-state index >= 15 is 0 Å². The fraction of sp³-hybridized carbons (Fsp3) is 0.444. The molecule has 0 radical (unpaired) electrons. The Morgan fingerprint density at radius 1 is 1.08 bits per heavy atom. The van der Waals surface area contributed by atoms with Crippen LogP contribution in [0.4, 0.5) is 10.1 Å². The van der Waals surface area contributed by atoms with Crippen LogP contribution in [0.3, 0.4) is 0 Å². The van der Waals surface area contributed by atoms with Gasteiger partial charge in [0.1, 0.15) is 11.5 Å². The monoisotopic (exact) mass is 550 g/mol. The molecule has 4 aromatic rings. The number of hydrogen-bond acceptors (Lipinski definition) is 7. The maximum atomic E-state index is 13.2. The Kier molecular flexibility index (Phi) is 6.90. The Bertz CT molecular complexity index is 1520. The summed E-state index contributed by atoms with van der Waals surface area (Å²) in [6, 6.07) is 1.67. The zero-order chi connectivity index (χ0) is 27.0. The minimum atomic E-state index is -0.491. The number of nitrogens with zero attached hydrogens (tertiary/aromatic N) is 6. The molecule has 0 unspecified atom stereocenters. The summed E-state index contributed by atoms with van der Waals surface area (Å²) >= 11 is 1.40. The number of anilines is 1. The molecule has 1 aliphatic heterocycles. The van der Waals surface area contributed by atoms with E-state index in [4.69, 9.17) is 0 Å². The Morgan fingerprint density at radius 2 is 1.92 bits per heavy atom. The number of carbonyl (C=O) groups excluding carboxylic acids is 2. The van der Waals surface area contributed by atoms with E-state index in [1.54, 1.807) is 34.6 Å². The lowest BCUT2D eigenvalue weighted by molar-refractivity contribution is 0.0561. The van der Waals surface area contributed by atoms with E-state index in [2.05, 4.69) is 30.7 Å². The summed E-state index contributed by atoms with van der Waals surface area (Å²) in [6.07, 6.45) is 14.7. The summed E-state index contributed by atoms with van der Waals surface area (Å²) in [4.78, 5) is 34.5. The van der Waals surface area contributed by atoms with Gasteiger partial charge in [0.05, 0.1) is 46.3 Å². The highest BCUT2D eigenvalue weighted by atomic mass is 32.1. The fourth-order valence-electron chi connectivity index (χ4n) is 5.65. The highest BCUT2D eigenvalue weighted by molar-refractivity contribution is 7.21. The first-order chi connectivity index (χ1) is 19.0. The molecule has 0 atom stereocenters. The van der Waals surface area contributed by atoms with Crippen molar-refractivity contribution >= 4 is 33.7 Å². The molecule has 2 fully saturated rings. The highest BCUT2D eigenvalue weighted by Crippen LogP contribution is 2.45. The average Bonchev–Trinajstić information content (AvgIpc) is 3.68. The maximum Gasteiger partial charge on any atom is 0.260 e. The molecule has 2 amide bonds. The smallest absolute Gasteiger partial charge is 0.260 e. The van der Waals surface area contributed by atoms with E-state index in [0.717, 1.165) is 23.5 Å². The lowest BCUT2D eigenvalue weighted by Crippen LogP contribution is -2.51. The van der Waals surface area contributed by atoms with Crippen molar-refractivity contribution in [3.63, 3.8) is 0 Å². The zero-order valence-electron chi connectivity index (χ0n) is 21.8. The SMILES string of the molecule is Cc1ncc(C(=O)NCCN2CCCC23CCC3)cc1NC(=O)c1cnn2cc(-c3cnn(CCF)c3)sc12. The van der Waals surface area contributed by atoms with Crippen LogP contribution in [0.15, 0.2) is 37.1 Å². The molecule has 1 saturated heterocycles. The first-order valence-corrected chi connectivity index (χ1v) is 14.1. The second-order valence-electron chi connectivity index (χ2n) is 10.3. The topological polar surface area (TPSA) is 109 Å². The third kappa shape index (κ3) is 4.94. The Balaban J connectivity index is 1.12. The molecule has 2 N–H and O–H groups in total. The molecule has 39 heavy (non-hydrogen) atoms. The van der Waals surface area contributed by atoms with E-state index in [9.17, 15) is 14.0 Å². The normalized spacial score (nSPS) is 16.6.